The van der Waals surface area contributed by atoms with Crippen LogP contribution in [0.3, 0.4) is 0 Å². The quantitative estimate of drug-likeness (QED) is 0.244. The number of ether oxygens (including phenoxy) is 2. The number of nitrogens with one attached hydrogen (secondary N) is 2. The number of methoxy groups -OCH3 is 1. The Labute approximate surface area is 208 Å². The summed E-state index contributed by atoms with van der Waals surface area (Å²) in [5.74, 6) is 3.28. The molecule has 0 amide bonds. The Morgan fingerprint density at radius 3 is 2.56 bits per heavy atom. The van der Waals surface area contributed by atoms with Gasteiger partial charge in [-0.25, -0.2) is 4.99 Å². The molecule has 32 heavy (non-hydrogen) atoms. The second-order valence-corrected chi connectivity index (χ2v) is 7.80. The molecule has 0 saturated heterocycles. The lowest BCUT2D eigenvalue weighted by molar-refractivity contribution is 0.200. The fourth-order valence-corrected chi connectivity index (χ4v) is 3.92. The fraction of sp³-hybridized carbons (Fsp3) is 0.583. The summed E-state index contributed by atoms with van der Waals surface area (Å²) in [6.07, 6.45) is 6.67. The molecule has 0 aliphatic heterocycles. The number of halogens is 1. The van der Waals surface area contributed by atoms with Crippen LogP contribution >= 0.6 is 24.0 Å². The van der Waals surface area contributed by atoms with E-state index in [1.54, 1.807) is 7.11 Å². The molecule has 0 bridgehead atoms. The third-order valence-electron chi connectivity index (χ3n) is 5.63. The molecule has 1 fully saturated rings. The first-order chi connectivity index (χ1) is 15.2. The van der Waals surface area contributed by atoms with Gasteiger partial charge in [0.25, 0.3) is 0 Å². The molecule has 1 heterocycles. The van der Waals surface area contributed by atoms with Crippen molar-refractivity contribution >= 4 is 29.9 Å². The number of hydrogen-bond acceptors (Lipinski definition) is 5. The van der Waals surface area contributed by atoms with Gasteiger partial charge >= 0.3 is 0 Å². The first-order valence-corrected chi connectivity index (χ1v) is 11.5. The number of nitrogens with zero attached hydrogens (tertiary/aromatic N) is 2. The lowest BCUT2D eigenvalue weighted by Crippen LogP contribution is -2.37. The molecule has 1 aromatic heterocycles. The van der Waals surface area contributed by atoms with Gasteiger partial charge in [0, 0.05) is 25.1 Å². The van der Waals surface area contributed by atoms with E-state index in [-0.39, 0.29) is 30.1 Å². The van der Waals surface area contributed by atoms with E-state index in [9.17, 15) is 0 Å². The topological polar surface area (TPSA) is 80.9 Å². The lowest BCUT2D eigenvalue weighted by Gasteiger charge is -2.17. The first-order valence-electron chi connectivity index (χ1n) is 11.5. The molecule has 1 aliphatic rings. The van der Waals surface area contributed by atoms with Gasteiger partial charge in [0.2, 0.25) is 0 Å². The van der Waals surface area contributed by atoms with Gasteiger partial charge in [0.15, 0.2) is 17.5 Å². The van der Waals surface area contributed by atoms with Gasteiger partial charge in [-0.2, -0.15) is 0 Å². The number of guanidine groups is 1. The van der Waals surface area contributed by atoms with Crippen molar-refractivity contribution in [2.75, 3.05) is 13.7 Å². The molecule has 1 saturated carbocycles. The summed E-state index contributed by atoms with van der Waals surface area (Å²) in [6.45, 7) is 8.21. The van der Waals surface area contributed by atoms with Gasteiger partial charge in [0.1, 0.15) is 5.76 Å². The lowest BCUT2D eigenvalue weighted by atomic mass is 10.1. The molecule has 0 unspecified atom stereocenters. The highest BCUT2D eigenvalue weighted by atomic mass is 127. The van der Waals surface area contributed by atoms with Crippen molar-refractivity contribution in [2.24, 2.45) is 4.99 Å². The van der Waals surface area contributed by atoms with Crippen molar-refractivity contribution < 1.29 is 14.0 Å². The Morgan fingerprint density at radius 2 is 1.91 bits per heavy atom. The SMILES string of the molecule is CCNC(=NCc1ccc(OC)c(OC2CCCC2)c1)NCc1c(CC)noc1CC.I. The van der Waals surface area contributed by atoms with E-state index in [2.05, 4.69) is 42.6 Å². The third kappa shape index (κ3) is 7.02. The molecule has 0 spiro atoms. The van der Waals surface area contributed by atoms with Crippen LogP contribution in [0.4, 0.5) is 0 Å². The van der Waals surface area contributed by atoms with Gasteiger partial charge in [-0.05, 0) is 56.7 Å². The Balaban J connectivity index is 0.00000363. The summed E-state index contributed by atoms with van der Waals surface area (Å²) in [7, 11) is 1.68. The van der Waals surface area contributed by atoms with Crippen LogP contribution in [0.2, 0.25) is 0 Å². The van der Waals surface area contributed by atoms with E-state index < -0.39 is 0 Å². The monoisotopic (exact) mass is 556 g/mol. The molecular formula is C24H37IN4O3. The van der Waals surface area contributed by atoms with Crippen LogP contribution in [-0.2, 0) is 25.9 Å². The molecule has 1 aliphatic carbocycles. The van der Waals surface area contributed by atoms with Crippen LogP contribution in [-0.4, -0.2) is 30.9 Å². The average Bonchev–Trinajstić information content (AvgIpc) is 3.45. The zero-order valence-electron chi connectivity index (χ0n) is 19.7. The van der Waals surface area contributed by atoms with E-state index in [4.69, 9.17) is 19.0 Å². The maximum absolute atomic E-state index is 6.22. The average molecular weight is 556 g/mol. The van der Waals surface area contributed by atoms with Crippen LogP contribution < -0.4 is 20.1 Å². The Morgan fingerprint density at radius 1 is 1.12 bits per heavy atom. The second kappa shape index (κ2) is 13.5. The van der Waals surface area contributed by atoms with Crippen molar-refractivity contribution in [2.45, 2.75) is 78.5 Å². The van der Waals surface area contributed by atoms with Crippen LogP contribution in [0.5, 0.6) is 11.5 Å². The largest absolute Gasteiger partial charge is 0.493 e. The molecule has 2 N–H and O–H groups in total. The number of aromatic nitrogens is 1. The van der Waals surface area contributed by atoms with Crippen molar-refractivity contribution in [1.29, 1.82) is 0 Å². The van der Waals surface area contributed by atoms with Crippen LogP contribution in [0, 0.1) is 0 Å². The van der Waals surface area contributed by atoms with Crippen molar-refractivity contribution in [3.05, 3.63) is 40.8 Å². The zero-order valence-corrected chi connectivity index (χ0v) is 22.0. The van der Waals surface area contributed by atoms with Gasteiger partial charge in [-0.15, -0.1) is 24.0 Å². The van der Waals surface area contributed by atoms with Gasteiger partial charge < -0.3 is 24.6 Å². The molecule has 1 aromatic carbocycles. The van der Waals surface area contributed by atoms with Crippen molar-refractivity contribution in [1.82, 2.24) is 15.8 Å². The predicted octanol–water partition coefficient (Wildman–Crippen LogP) is 5.00. The fourth-order valence-electron chi connectivity index (χ4n) is 3.92. The minimum absolute atomic E-state index is 0. The molecular weight excluding hydrogens is 519 g/mol. The zero-order chi connectivity index (χ0) is 22.1. The van der Waals surface area contributed by atoms with Crippen LogP contribution in [0.25, 0.3) is 0 Å². The Hall–Kier alpha value is -1.97. The molecule has 7 nitrogen and oxygen atoms in total. The highest BCUT2D eigenvalue weighted by molar-refractivity contribution is 14.0. The minimum Gasteiger partial charge on any atom is -0.493 e. The number of hydrogen-bond donors (Lipinski definition) is 2. The number of aliphatic imine (C=N–C) groups is 1. The summed E-state index contributed by atoms with van der Waals surface area (Å²) in [4.78, 5) is 4.77. The number of rotatable bonds is 10. The molecule has 178 valence electrons. The van der Waals surface area contributed by atoms with Crippen LogP contribution in [0.1, 0.15) is 69.0 Å². The van der Waals surface area contributed by atoms with E-state index in [1.807, 2.05) is 12.1 Å². The standard InChI is InChI=1S/C24H36N4O3.HI/c1-5-20-19(21(6-2)31-28-20)16-27-24(25-7-3)26-15-17-12-13-22(29-4)23(14-17)30-18-10-8-9-11-18;/h12-14,18H,5-11,15-16H2,1-4H3,(H2,25,26,27);1H. The summed E-state index contributed by atoms with van der Waals surface area (Å²) in [5, 5.41) is 10.9. The summed E-state index contributed by atoms with van der Waals surface area (Å²) in [6, 6.07) is 6.06. The smallest absolute Gasteiger partial charge is 0.191 e. The Kier molecular flexibility index (Phi) is 11.1. The third-order valence-corrected chi connectivity index (χ3v) is 5.63. The van der Waals surface area contributed by atoms with Crippen LogP contribution in [0.15, 0.2) is 27.7 Å². The van der Waals surface area contributed by atoms with E-state index >= 15 is 0 Å². The maximum Gasteiger partial charge on any atom is 0.191 e. The predicted molar refractivity (Wildman–Crippen MR) is 138 cm³/mol. The van der Waals surface area contributed by atoms with E-state index in [0.717, 1.165) is 72.3 Å². The number of benzene rings is 1. The maximum atomic E-state index is 6.22. The molecule has 8 heteroatoms. The summed E-state index contributed by atoms with van der Waals surface area (Å²) in [5.41, 5.74) is 3.22. The molecule has 3 rings (SSSR count). The minimum atomic E-state index is 0. The Bertz CT molecular complexity index is 841. The molecule has 0 atom stereocenters. The van der Waals surface area contributed by atoms with E-state index in [0.29, 0.717) is 13.1 Å². The van der Waals surface area contributed by atoms with Crippen molar-refractivity contribution in [3.63, 3.8) is 0 Å². The highest BCUT2D eigenvalue weighted by Gasteiger charge is 2.19. The first kappa shape index (κ1) is 26.3. The molecule has 0 radical (unpaired) electrons. The summed E-state index contributed by atoms with van der Waals surface area (Å²) < 4.78 is 17.2. The second-order valence-electron chi connectivity index (χ2n) is 7.80. The molecule has 2 aromatic rings. The van der Waals surface area contributed by atoms with Gasteiger partial charge in [-0.1, -0.05) is 25.1 Å². The van der Waals surface area contributed by atoms with Gasteiger partial charge in [-0.3, -0.25) is 0 Å². The van der Waals surface area contributed by atoms with Crippen molar-refractivity contribution in [3.8, 4) is 11.5 Å². The highest BCUT2D eigenvalue weighted by Crippen LogP contribution is 2.32. The van der Waals surface area contributed by atoms with E-state index in [1.165, 1.54) is 12.8 Å². The van der Waals surface area contributed by atoms with Gasteiger partial charge in [0.05, 0.1) is 25.5 Å². The normalized spacial score (nSPS) is 14.2. The summed E-state index contributed by atoms with van der Waals surface area (Å²) >= 11 is 0. The number of aryl methyl sites for hydroxylation is 2.